The van der Waals surface area contributed by atoms with Gasteiger partial charge in [-0.15, -0.1) is 0 Å². The van der Waals surface area contributed by atoms with E-state index in [1.54, 1.807) is 13.0 Å². The van der Waals surface area contributed by atoms with Crippen LogP contribution < -0.4 is 5.32 Å². The van der Waals surface area contributed by atoms with E-state index in [1.807, 2.05) is 0 Å². The number of furan rings is 1. The minimum absolute atomic E-state index is 0.0776. The Morgan fingerprint density at radius 1 is 1.38 bits per heavy atom. The van der Waals surface area contributed by atoms with Crippen LogP contribution in [-0.2, 0) is 9.53 Å². The molecule has 0 aliphatic heterocycles. The summed E-state index contributed by atoms with van der Waals surface area (Å²) in [5, 5.41) is 2.86. The smallest absolute Gasteiger partial charge is 0.375 e. The second-order valence-corrected chi connectivity index (χ2v) is 6.18. The summed E-state index contributed by atoms with van der Waals surface area (Å²) in [5.74, 6) is -0.277. The molecular formula is C15H20BrNO4. The van der Waals surface area contributed by atoms with Crippen LogP contribution in [0.5, 0.6) is 0 Å². The second-order valence-electron chi connectivity index (χ2n) is 5.40. The normalized spacial score (nSPS) is 17.2. The van der Waals surface area contributed by atoms with Gasteiger partial charge in [0.15, 0.2) is 10.8 Å². The van der Waals surface area contributed by atoms with Crippen molar-refractivity contribution < 1.29 is 18.7 Å². The molecule has 1 saturated carbocycles. The molecule has 6 heteroatoms. The molecule has 1 fully saturated rings. The summed E-state index contributed by atoms with van der Waals surface area (Å²) in [6, 6.07) is 3.10. The van der Waals surface area contributed by atoms with Crippen LogP contribution in [0, 0.1) is 5.92 Å². The van der Waals surface area contributed by atoms with Gasteiger partial charge in [-0.3, -0.25) is 4.79 Å². The van der Waals surface area contributed by atoms with E-state index >= 15 is 0 Å². The number of esters is 1. The molecule has 1 aromatic heterocycles. The average molecular weight is 358 g/mol. The van der Waals surface area contributed by atoms with E-state index in [0.29, 0.717) is 17.1 Å². The summed E-state index contributed by atoms with van der Waals surface area (Å²) in [6.45, 7) is 2.22. The largest absolute Gasteiger partial charge is 0.447 e. The fraction of sp³-hybridized carbons (Fsp3) is 0.600. The zero-order valence-electron chi connectivity index (χ0n) is 12.1. The summed E-state index contributed by atoms with van der Waals surface area (Å²) in [7, 11) is 0. The Balaban J connectivity index is 1.75. The molecule has 0 bridgehead atoms. The molecule has 0 spiro atoms. The number of rotatable bonds is 5. The predicted molar refractivity (Wildman–Crippen MR) is 80.9 cm³/mol. The first-order chi connectivity index (χ1) is 10.1. The molecule has 1 aliphatic rings. The molecule has 1 aromatic rings. The van der Waals surface area contributed by atoms with E-state index in [2.05, 4.69) is 21.2 Å². The Labute approximate surface area is 132 Å². The Kier molecular flexibility index (Phi) is 5.85. The number of carbonyl (C=O) groups excluding carboxylic acids is 2. The second kappa shape index (κ2) is 7.64. The van der Waals surface area contributed by atoms with Crippen LogP contribution in [-0.4, -0.2) is 24.5 Å². The summed E-state index contributed by atoms with van der Waals surface area (Å²) < 4.78 is 10.6. The highest BCUT2D eigenvalue weighted by Gasteiger charge is 2.22. The maximum atomic E-state index is 11.9. The SMILES string of the molecule is CC(OC(=O)c1ccc(Br)o1)C(=O)NCC1CCCCC1. The van der Waals surface area contributed by atoms with E-state index in [1.165, 1.54) is 25.3 Å². The van der Waals surface area contributed by atoms with Crippen LogP contribution in [0.2, 0.25) is 0 Å². The third kappa shape index (κ3) is 4.88. The lowest BCUT2D eigenvalue weighted by atomic mass is 9.89. The Bertz CT molecular complexity index is 494. The van der Waals surface area contributed by atoms with Crippen molar-refractivity contribution in [2.24, 2.45) is 5.92 Å². The number of carbonyl (C=O) groups is 2. The molecule has 21 heavy (non-hydrogen) atoms. The van der Waals surface area contributed by atoms with E-state index in [-0.39, 0.29) is 11.7 Å². The van der Waals surface area contributed by atoms with Gasteiger partial charge in [0.1, 0.15) is 0 Å². The molecule has 1 amide bonds. The molecule has 0 aromatic carbocycles. The Hall–Kier alpha value is -1.30. The van der Waals surface area contributed by atoms with Crippen molar-refractivity contribution in [1.29, 1.82) is 0 Å². The zero-order valence-corrected chi connectivity index (χ0v) is 13.6. The first kappa shape index (κ1) is 16.1. The van der Waals surface area contributed by atoms with Gasteiger partial charge in [0.05, 0.1) is 0 Å². The minimum atomic E-state index is -0.829. The molecule has 2 rings (SSSR count). The van der Waals surface area contributed by atoms with Gasteiger partial charge < -0.3 is 14.5 Å². The van der Waals surface area contributed by atoms with E-state index in [4.69, 9.17) is 9.15 Å². The van der Waals surface area contributed by atoms with E-state index in [9.17, 15) is 9.59 Å². The molecule has 5 nitrogen and oxygen atoms in total. The number of halogens is 1. The molecule has 116 valence electrons. The molecule has 1 N–H and O–H groups in total. The van der Waals surface area contributed by atoms with Crippen LogP contribution in [0.25, 0.3) is 0 Å². The van der Waals surface area contributed by atoms with Gasteiger partial charge >= 0.3 is 5.97 Å². The van der Waals surface area contributed by atoms with Crippen molar-refractivity contribution in [2.75, 3.05) is 6.54 Å². The van der Waals surface area contributed by atoms with Gasteiger partial charge in [0.2, 0.25) is 5.76 Å². The van der Waals surface area contributed by atoms with Crippen LogP contribution in [0.15, 0.2) is 21.2 Å². The van der Waals surface area contributed by atoms with Crippen molar-refractivity contribution in [3.05, 3.63) is 22.6 Å². The van der Waals surface area contributed by atoms with Gasteiger partial charge in [-0.25, -0.2) is 4.79 Å². The van der Waals surface area contributed by atoms with Crippen LogP contribution in [0.3, 0.4) is 0 Å². The van der Waals surface area contributed by atoms with Crippen LogP contribution >= 0.6 is 15.9 Å². The van der Waals surface area contributed by atoms with Crippen molar-refractivity contribution in [3.63, 3.8) is 0 Å². The zero-order chi connectivity index (χ0) is 15.2. The molecular weight excluding hydrogens is 338 g/mol. The molecule has 1 unspecified atom stereocenters. The van der Waals surface area contributed by atoms with Gasteiger partial charge in [-0.2, -0.15) is 0 Å². The predicted octanol–water partition coefficient (Wildman–Crippen LogP) is 3.28. The number of hydrogen-bond acceptors (Lipinski definition) is 4. The maximum absolute atomic E-state index is 11.9. The third-order valence-electron chi connectivity index (χ3n) is 3.72. The fourth-order valence-corrected chi connectivity index (χ4v) is 2.78. The highest BCUT2D eigenvalue weighted by atomic mass is 79.9. The topological polar surface area (TPSA) is 68.5 Å². The maximum Gasteiger partial charge on any atom is 0.375 e. The van der Waals surface area contributed by atoms with E-state index < -0.39 is 12.1 Å². The third-order valence-corrected chi connectivity index (χ3v) is 4.14. The van der Waals surface area contributed by atoms with Gasteiger partial charge in [0, 0.05) is 6.54 Å². The van der Waals surface area contributed by atoms with Crippen molar-refractivity contribution in [2.45, 2.75) is 45.1 Å². The van der Waals surface area contributed by atoms with Crippen LogP contribution in [0.1, 0.15) is 49.6 Å². The number of amides is 1. The number of hydrogen-bond donors (Lipinski definition) is 1. The lowest BCUT2D eigenvalue weighted by molar-refractivity contribution is -0.129. The Morgan fingerprint density at radius 2 is 2.10 bits per heavy atom. The molecule has 0 radical (unpaired) electrons. The summed E-state index contributed by atoms with van der Waals surface area (Å²) in [5.41, 5.74) is 0. The summed E-state index contributed by atoms with van der Waals surface area (Å²) >= 11 is 3.11. The number of ether oxygens (including phenoxy) is 1. The monoisotopic (exact) mass is 357 g/mol. The standard InChI is InChI=1S/C15H20BrNO4/c1-10(20-15(19)12-7-8-13(16)21-12)14(18)17-9-11-5-3-2-4-6-11/h7-8,10-11H,2-6,9H2,1H3,(H,17,18). The van der Waals surface area contributed by atoms with Gasteiger partial charge in [0.25, 0.3) is 5.91 Å². The summed E-state index contributed by atoms with van der Waals surface area (Å²) in [4.78, 5) is 23.7. The molecule has 0 saturated heterocycles. The fourth-order valence-electron chi connectivity index (χ4n) is 2.48. The minimum Gasteiger partial charge on any atom is -0.447 e. The average Bonchev–Trinajstić information content (AvgIpc) is 2.92. The van der Waals surface area contributed by atoms with Gasteiger partial charge in [-0.05, 0) is 53.7 Å². The molecule has 1 heterocycles. The van der Waals surface area contributed by atoms with E-state index in [0.717, 1.165) is 12.8 Å². The summed E-state index contributed by atoms with van der Waals surface area (Å²) in [6.07, 6.45) is 5.25. The lowest BCUT2D eigenvalue weighted by Gasteiger charge is -2.22. The Morgan fingerprint density at radius 3 is 2.71 bits per heavy atom. The highest BCUT2D eigenvalue weighted by molar-refractivity contribution is 9.10. The van der Waals surface area contributed by atoms with Crippen LogP contribution in [0.4, 0.5) is 0 Å². The lowest BCUT2D eigenvalue weighted by Crippen LogP contribution is -2.38. The molecule has 1 atom stereocenters. The molecule has 1 aliphatic carbocycles. The number of nitrogens with one attached hydrogen (secondary N) is 1. The van der Waals surface area contributed by atoms with Crippen molar-refractivity contribution in [3.8, 4) is 0 Å². The first-order valence-corrected chi connectivity index (χ1v) is 8.09. The van der Waals surface area contributed by atoms with Crippen molar-refractivity contribution in [1.82, 2.24) is 5.32 Å². The first-order valence-electron chi connectivity index (χ1n) is 7.30. The van der Waals surface area contributed by atoms with Crippen molar-refractivity contribution >= 4 is 27.8 Å². The quantitative estimate of drug-likeness (QED) is 0.821. The highest BCUT2D eigenvalue weighted by Crippen LogP contribution is 2.22. The van der Waals surface area contributed by atoms with Gasteiger partial charge in [-0.1, -0.05) is 19.3 Å².